The van der Waals surface area contributed by atoms with Crippen LogP contribution in [-0.2, 0) is 16.1 Å². The summed E-state index contributed by atoms with van der Waals surface area (Å²) in [5.74, 6) is -0.347. The number of ether oxygens (including phenoxy) is 1. The second-order valence-electron chi connectivity index (χ2n) is 5.45. The number of hydrogen-bond donors (Lipinski definition) is 3. The number of nitrogens with zero attached hydrogens (tertiary/aromatic N) is 1. The van der Waals surface area contributed by atoms with E-state index in [4.69, 9.17) is 4.74 Å². The second kappa shape index (κ2) is 9.83. The van der Waals surface area contributed by atoms with Crippen LogP contribution in [0.5, 0.6) is 11.5 Å². The molecule has 3 N–H and O–H groups in total. The molecule has 7 heteroatoms. The minimum atomic E-state index is -0.390. The van der Waals surface area contributed by atoms with Crippen molar-refractivity contribution in [2.24, 2.45) is 5.10 Å². The van der Waals surface area contributed by atoms with Gasteiger partial charge in [-0.15, -0.1) is 0 Å². The average Bonchev–Trinajstić information content (AvgIpc) is 2.67. The summed E-state index contributed by atoms with van der Waals surface area (Å²) in [7, 11) is 1.45. The molecule has 0 unspecified atom stereocenters. The van der Waals surface area contributed by atoms with Crippen LogP contribution in [0, 0.1) is 0 Å². The number of para-hydroxylation sites is 1. The van der Waals surface area contributed by atoms with E-state index in [0.717, 1.165) is 5.56 Å². The van der Waals surface area contributed by atoms with Crippen molar-refractivity contribution in [2.75, 3.05) is 7.11 Å². The van der Waals surface area contributed by atoms with E-state index in [1.54, 1.807) is 18.2 Å². The molecule has 0 radical (unpaired) electrons. The summed E-state index contributed by atoms with van der Waals surface area (Å²) in [5, 5.41) is 16.4. The lowest BCUT2D eigenvalue weighted by molar-refractivity contribution is -0.126. The Hall–Kier alpha value is -3.35. The number of benzene rings is 2. The Morgan fingerprint density at radius 3 is 2.54 bits per heavy atom. The van der Waals surface area contributed by atoms with Crippen LogP contribution in [0.25, 0.3) is 0 Å². The van der Waals surface area contributed by atoms with E-state index >= 15 is 0 Å². The van der Waals surface area contributed by atoms with Crippen LogP contribution in [0.4, 0.5) is 0 Å². The molecule has 7 nitrogen and oxygen atoms in total. The van der Waals surface area contributed by atoms with Crippen molar-refractivity contribution in [1.29, 1.82) is 0 Å². The number of carbonyl (C=O) groups is 2. The fourth-order valence-electron chi connectivity index (χ4n) is 2.15. The lowest BCUT2D eigenvalue weighted by Crippen LogP contribution is -2.25. The van der Waals surface area contributed by atoms with E-state index in [-0.39, 0.29) is 24.5 Å². The Balaban J connectivity index is 1.72. The predicted octanol–water partition coefficient (Wildman–Crippen LogP) is 1.95. The molecule has 136 valence electrons. The first-order valence-corrected chi connectivity index (χ1v) is 8.08. The zero-order chi connectivity index (χ0) is 18.8. The van der Waals surface area contributed by atoms with Crippen LogP contribution in [0.15, 0.2) is 53.6 Å². The van der Waals surface area contributed by atoms with Gasteiger partial charge in [0.2, 0.25) is 11.8 Å². The van der Waals surface area contributed by atoms with Crippen LogP contribution < -0.4 is 15.5 Å². The fourth-order valence-corrected chi connectivity index (χ4v) is 2.15. The quantitative estimate of drug-likeness (QED) is 0.498. The van der Waals surface area contributed by atoms with Crippen LogP contribution >= 0.6 is 0 Å². The van der Waals surface area contributed by atoms with Crippen LogP contribution in [0.3, 0.4) is 0 Å². The van der Waals surface area contributed by atoms with Gasteiger partial charge in [-0.05, 0) is 17.7 Å². The SMILES string of the molecule is COc1cccc(/C=N/NC(=O)CCC(=O)NCc2ccccc2)c1O. The number of nitrogens with one attached hydrogen (secondary N) is 2. The maximum absolute atomic E-state index is 11.8. The summed E-state index contributed by atoms with van der Waals surface area (Å²) in [4.78, 5) is 23.5. The molecule has 2 amide bonds. The van der Waals surface area contributed by atoms with Gasteiger partial charge in [-0.2, -0.15) is 5.10 Å². The van der Waals surface area contributed by atoms with Crippen molar-refractivity contribution in [1.82, 2.24) is 10.7 Å². The van der Waals surface area contributed by atoms with Crippen molar-refractivity contribution in [3.05, 3.63) is 59.7 Å². The first-order valence-electron chi connectivity index (χ1n) is 8.08. The second-order valence-corrected chi connectivity index (χ2v) is 5.45. The monoisotopic (exact) mass is 355 g/mol. The molecular formula is C19H21N3O4. The van der Waals surface area contributed by atoms with Gasteiger partial charge in [0, 0.05) is 24.9 Å². The van der Waals surface area contributed by atoms with Crippen LogP contribution in [0.1, 0.15) is 24.0 Å². The normalized spacial score (nSPS) is 10.5. The van der Waals surface area contributed by atoms with E-state index in [1.165, 1.54) is 13.3 Å². The third-order valence-corrected chi connectivity index (χ3v) is 3.55. The molecule has 0 aliphatic carbocycles. The highest BCUT2D eigenvalue weighted by Crippen LogP contribution is 2.27. The minimum absolute atomic E-state index is 0.0159. The number of hydrogen-bond acceptors (Lipinski definition) is 5. The Kier molecular flexibility index (Phi) is 7.17. The molecule has 0 saturated heterocycles. The summed E-state index contributed by atoms with van der Waals surface area (Å²) in [6, 6.07) is 14.5. The van der Waals surface area contributed by atoms with Crippen LogP contribution in [-0.4, -0.2) is 30.2 Å². The number of amides is 2. The average molecular weight is 355 g/mol. The van der Waals surface area contributed by atoms with Crippen molar-refractivity contribution < 1.29 is 19.4 Å². The number of carbonyl (C=O) groups excluding carboxylic acids is 2. The number of rotatable bonds is 8. The number of phenolic OH excluding ortho intramolecular Hbond substituents is 1. The molecule has 2 aromatic carbocycles. The Morgan fingerprint density at radius 2 is 1.81 bits per heavy atom. The van der Waals surface area contributed by atoms with Gasteiger partial charge in [0.05, 0.1) is 13.3 Å². The molecule has 0 aliphatic rings. The zero-order valence-corrected chi connectivity index (χ0v) is 14.4. The molecule has 0 heterocycles. The summed E-state index contributed by atoms with van der Waals surface area (Å²) in [6.45, 7) is 0.425. The molecule has 0 spiro atoms. The largest absolute Gasteiger partial charge is 0.504 e. The number of methoxy groups -OCH3 is 1. The van der Waals surface area contributed by atoms with Gasteiger partial charge in [0.1, 0.15) is 0 Å². The topological polar surface area (TPSA) is 100 Å². The molecule has 0 atom stereocenters. The highest BCUT2D eigenvalue weighted by Gasteiger charge is 2.07. The van der Waals surface area contributed by atoms with Gasteiger partial charge in [-0.3, -0.25) is 9.59 Å². The van der Waals surface area contributed by atoms with Gasteiger partial charge >= 0.3 is 0 Å². The molecular weight excluding hydrogens is 334 g/mol. The van der Waals surface area contributed by atoms with E-state index < -0.39 is 5.91 Å². The van der Waals surface area contributed by atoms with E-state index in [2.05, 4.69) is 15.8 Å². The summed E-state index contributed by atoms with van der Waals surface area (Å²) < 4.78 is 4.99. The maximum Gasteiger partial charge on any atom is 0.240 e. The Morgan fingerprint density at radius 1 is 1.08 bits per heavy atom. The van der Waals surface area contributed by atoms with Gasteiger partial charge in [0.25, 0.3) is 0 Å². The first kappa shape index (κ1) is 19.0. The third-order valence-electron chi connectivity index (χ3n) is 3.55. The van der Waals surface area contributed by atoms with E-state index in [1.807, 2.05) is 30.3 Å². The smallest absolute Gasteiger partial charge is 0.240 e. The molecule has 0 fully saturated rings. The third kappa shape index (κ3) is 5.94. The highest BCUT2D eigenvalue weighted by molar-refractivity contribution is 5.87. The standard InChI is InChI=1S/C19H21N3O4/c1-26-16-9-5-8-15(19(16)25)13-21-22-18(24)11-10-17(23)20-12-14-6-3-2-4-7-14/h2-9,13,25H,10-12H2,1H3,(H,20,23)(H,22,24)/b21-13+. The van der Waals surface area contributed by atoms with E-state index in [0.29, 0.717) is 17.9 Å². The Labute approximate surface area is 151 Å². The van der Waals surface area contributed by atoms with Gasteiger partial charge < -0.3 is 15.2 Å². The van der Waals surface area contributed by atoms with Crippen molar-refractivity contribution in [3.63, 3.8) is 0 Å². The molecule has 0 saturated carbocycles. The lowest BCUT2D eigenvalue weighted by Gasteiger charge is -2.05. The van der Waals surface area contributed by atoms with Crippen molar-refractivity contribution >= 4 is 18.0 Å². The molecule has 0 aromatic heterocycles. The number of hydrazone groups is 1. The van der Waals surface area contributed by atoms with Crippen molar-refractivity contribution in [2.45, 2.75) is 19.4 Å². The molecule has 0 aliphatic heterocycles. The number of phenols is 1. The Bertz CT molecular complexity index is 776. The zero-order valence-electron chi connectivity index (χ0n) is 14.4. The molecule has 0 bridgehead atoms. The van der Waals surface area contributed by atoms with Crippen molar-refractivity contribution in [3.8, 4) is 11.5 Å². The van der Waals surface area contributed by atoms with Gasteiger partial charge in [-0.1, -0.05) is 36.4 Å². The highest BCUT2D eigenvalue weighted by atomic mass is 16.5. The molecule has 2 rings (SSSR count). The van der Waals surface area contributed by atoms with E-state index in [9.17, 15) is 14.7 Å². The fraction of sp³-hybridized carbons (Fsp3) is 0.211. The lowest BCUT2D eigenvalue weighted by atomic mass is 10.2. The molecule has 2 aromatic rings. The minimum Gasteiger partial charge on any atom is -0.504 e. The molecule has 26 heavy (non-hydrogen) atoms. The predicted molar refractivity (Wildman–Crippen MR) is 97.9 cm³/mol. The first-order chi connectivity index (χ1) is 12.6. The summed E-state index contributed by atoms with van der Waals surface area (Å²) in [5.41, 5.74) is 3.72. The summed E-state index contributed by atoms with van der Waals surface area (Å²) in [6.07, 6.45) is 1.39. The number of aromatic hydroxyl groups is 1. The maximum atomic E-state index is 11.8. The van der Waals surface area contributed by atoms with Gasteiger partial charge in [0.15, 0.2) is 11.5 Å². The van der Waals surface area contributed by atoms with Crippen LogP contribution in [0.2, 0.25) is 0 Å². The summed E-state index contributed by atoms with van der Waals surface area (Å²) >= 11 is 0. The van der Waals surface area contributed by atoms with Gasteiger partial charge in [-0.25, -0.2) is 5.43 Å².